The van der Waals surface area contributed by atoms with E-state index in [4.69, 9.17) is 4.74 Å². The van der Waals surface area contributed by atoms with E-state index in [0.717, 1.165) is 15.5 Å². The highest BCUT2D eigenvalue weighted by Crippen LogP contribution is 2.57. The Balaban J connectivity index is 1.52. The van der Waals surface area contributed by atoms with Crippen LogP contribution < -0.4 is 4.74 Å². The van der Waals surface area contributed by atoms with E-state index < -0.39 is 34.7 Å². The van der Waals surface area contributed by atoms with Crippen molar-refractivity contribution in [3.8, 4) is 5.88 Å². The van der Waals surface area contributed by atoms with Gasteiger partial charge in [-0.1, -0.05) is 25.1 Å². The zero-order valence-electron chi connectivity index (χ0n) is 22.1. The van der Waals surface area contributed by atoms with E-state index in [1.54, 1.807) is 28.6 Å². The maximum atomic E-state index is 13.3. The normalized spacial score (nSPS) is 18.8. The van der Waals surface area contributed by atoms with Gasteiger partial charge in [-0.2, -0.15) is 17.5 Å². The highest BCUT2D eigenvalue weighted by Gasteiger charge is 2.37. The Morgan fingerprint density at radius 3 is 2.63 bits per heavy atom. The van der Waals surface area contributed by atoms with Crippen molar-refractivity contribution in [2.45, 2.75) is 56.3 Å². The first-order chi connectivity index (χ1) is 19.4. The van der Waals surface area contributed by atoms with Gasteiger partial charge in [-0.05, 0) is 59.9 Å². The lowest BCUT2D eigenvalue weighted by Crippen LogP contribution is -2.34. The first kappa shape index (κ1) is 28.8. The van der Waals surface area contributed by atoms with Crippen molar-refractivity contribution >= 4 is 22.4 Å². The van der Waals surface area contributed by atoms with Gasteiger partial charge < -0.3 is 9.84 Å². The molecule has 2 atom stereocenters. The van der Waals surface area contributed by atoms with Gasteiger partial charge in [-0.25, -0.2) is 4.98 Å². The lowest BCUT2D eigenvalue weighted by Gasteiger charge is -2.41. The third-order valence-corrected chi connectivity index (χ3v) is 9.02. The van der Waals surface area contributed by atoms with Crippen LogP contribution in [0.4, 0.5) is 13.2 Å². The molecular formula is C27H28F3N5O5S. The Morgan fingerprint density at radius 1 is 1.17 bits per heavy atom. The maximum Gasteiger partial charge on any atom is 0.452 e. The molecule has 0 saturated heterocycles. The van der Waals surface area contributed by atoms with E-state index >= 15 is 0 Å². The maximum absolute atomic E-state index is 13.3. The molecular weight excluding hydrogens is 563 g/mol. The van der Waals surface area contributed by atoms with E-state index in [-0.39, 0.29) is 42.0 Å². The van der Waals surface area contributed by atoms with E-state index in [9.17, 15) is 32.2 Å². The van der Waals surface area contributed by atoms with E-state index in [1.165, 1.54) is 24.5 Å². The average molecular weight is 592 g/mol. The number of rotatable bonds is 7. The van der Waals surface area contributed by atoms with E-state index in [2.05, 4.69) is 15.2 Å². The first-order valence-corrected chi connectivity index (χ1v) is 14.3. The highest BCUT2D eigenvalue weighted by atomic mass is 32.3. The number of hydrogen-bond acceptors (Lipinski definition) is 8. The van der Waals surface area contributed by atoms with Crippen molar-refractivity contribution in [3.63, 3.8) is 0 Å². The molecule has 10 nitrogen and oxygen atoms in total. The van der Waals surface area contributed by atoms with Crippen LogP contribution in [-0.2, 0) is 17.5 Å². The molecule has 0 aliphatic carbocycles. The Kier molecular flexibility index (Phi) is 7.68. The van der Waals surface area contributed by atoms with Crippen LogP contribution in [0.1, 0.15) is 53.8 Å². The van der Waals surface area contributed by atoms with Crippen LogP contribution in [0, 0.1) is 6.92 Å². The van der Waals surface area contributed by atoms with Crippen molar-refractivity contribution < 1.29 is 36.9 Å². The molecule has 1 aliphatic rings. The summed E-state index contributed by atoms with van der Waals surface area (Å²) in [6.45, 7) is 4.12. The quantitative estimate of drug-likeness (QED) is 0.245. The molecule has 0 saturated carbocycles. The number of ether oxygens (including phenoxy) is 1. The van der Waals surface area contributed by atoms with Crippen LogP contribution in [0.15, 0.2) is 59.8 Å². The number of hydrogen-bond donors (Lipinski definition) is 3. The van der Waals surface area contributed by atoms with Gasteiger partial charge in [0.05, 0.1) is 13.0 Å². The minimum atomic E-state index is -4.70. The van der Waals surface area contributed by atoms with Crippen molar-refractivity contribution in [2.24, 2.45) is 0 Å². The van der Waals surface area contributed by atoms with Gasteiger partial charge in [-0.15, -0.1) is 21.0 Å². The Morgan fingerprint density at radius 2 is 1.93 bits per heavy atom. The highest BCUT2D eigenvalue weighted by molar-refractivity contribution is 8.22. The number of aliphatic carboxylic acids is 1. The number of pyridine rings is 2. The fourth-order valence-corrected chi connectivity index (χ4v) is 6.46. The predicted octanol–water partition coefficient (Wildman–Crippen LogP) is 5.76. The van der Waals surface area contributed by atoms with Gasteiger partial charge in [0.1, 0.15) is 11.0 Å². The van der Waals surface area contributed by atoms with Gasteiger partial charge in [0.25, 0.3) is 0 Å². The fourth-order valence-electron chi connectivity index (χ4n) is 4.89. The van der Waals surface area contributed by atoms with Gasteiger partial charge in [0.15, 0.2) is 5.65 Å². The molecule has 3 aromatic heterocycles. The second kappa shape index (κ2) is 10.9. The molecule has 4 heterocycles. The predicted molar refractivity (Wildman–Crippen MR) is 144 cm³/mol. The van der Waals surface area contributed by atoms with Gasteiger partial charge in [0.2, 0.25) is 11.7 Å². The summed E-state index contributed by atoms with van der Waals surface area (Å²) in [6, 6.07) is 11.4. The molecule has 2 unspecified atom stereocenters. The van der Waals surface area contributed by atoms with E-state index in [0.29, 0.717) is 17.5 Å². The number of carboxylic acids is 1. The van der Waals surface area contributed by atoms with Crippen LogP contribution in [0.3, 0.4) is 0 Å². The van der Waals surface area contributed by atoms with Crippen LogP contribution in [0.2, 0.25) is 0 Å². The molecule has 4 aromatic rings. The zero-order valence-corrected chi connectivity index (χ0v) is 22.9. The molecule has 0 radical (unpaired) electrons. The number of carboxylic acid groups (broad SMARTS) is 1. The zero-order chi connectivity index (χ0) is 29.5. The number of aromatic nitrogens is 4. The molecule has 0 bridgehead atoms. The minimum Gasteiger partial charge on any atom is -0.481 e. The SMILES string of the molecule is CCC1CN(Cc2cc(C(CC(=O)O)c3ccn4c(C(F)(F)F)nnc4c3)ccc2C)S(O)(O)c2cccnc2O1. The summed E-state index contributed by atoms with van der Waals surface area (Å²) in [7, 11) is -3.47. The number of fused-ring (bicyclic) bond motifs is 2. The molecule has 218 valence electrons. The number of aryl methyl sites for hydroxylation is 1. The Hall–Kier alpha value is -3.72. The molecule has 0 spiro atoms. The van der Waals surface area contributed by atoms with Crippen LogP contribution in [0.25, 0.3) is 5.65 Å². The number of nitrogens with zero attached hydrogens (tertiary/aromatic N) is 5. The molecule has 0 fully saturated rings. The number of carbonyl (C=O) groups is 1. The van der Waals surface area contributed by atoms with Gasteiger partial charge in [-0.3, -0.25) is 18.3 Å². The topological polar surface area (TPSA) is 133 Å². The second-order valence-corrected chi connectivity index (χ2v) is 11.8. The van der Waals surface area contributed by atoms with Crippen molar-refractivity contribution in [1.82, 2.24) is 23.9 Å². The second-order valence-electron chi connectivity index (χ2n) is 9.84. The largest absolute Gasteiger partial charge is 0.481 e. The van der Waals surface area contributed by atoms with Crippen molar-refractivity contribution in [2.75, 3.05) is 6.54 Å². The van der Waals surface area contributed by atoms with Gasteiger partial charge in [0, 0.05) is 24.9 Å². The molecule has 3 N–H and O–H groups in total. The molecule has 5 rings (SSSR count). The summed E-state index contributed by atoms with van der Waals surface area (Å²) >= 11 is 0. The molecule has 41 heavy (non-hydrogen) atoms. The summed E-state index contributed by atoms with van der Waals surface area (Å²) in [5.41, 5.74) is 2.56. The summed E-state index contributed by atoms with van der Waals surface area (Å²) in [5.74, 6) is -2.81. The lowest BCUT2D eigenvalue weighted by atomic mass is 9.87. The first-order valence-electron chi connectivity index (χ1n) is 12.8. The Bertz CT molecular complexity index is 1600. The summed E-state index contributed by atoms with van der Waals surface area (Å²) in [4.78, 5) is 16.2. The van der Waals surface area contributed by atoms with Crippen molar-refractivity contribution in [3.05, 3.63) is 82.9 Å². The van der Waals surface area contributed by atoms with Crippen LogP contribution in [0.5, 0.6) is 5.88 Å². The Labute approximate surface area is 234 Å². The van der Waals surface area contributed by atoms with E-state index in [1.807, 2.05) is 19.9 Å². The summed E-state index contributed by atoms with van der Waals surface area (Å²) in [6.07, 6.45) is -2.08. The molecule has 14 heteroatoms. The standard InChI is InChI=1S/C27H28F3N5O5S/c1-3-20-15-34(41(38,39)22-5-4-9-31-25(22)40-20)14-19-11-17(7-6-16(19)2)21(13-24(36)37)18-8-10-35-23(12-18)32-33-26(35)27(28,29)30/h4-12,20-21,38-39H,3,13-15H2,1-2H3,(H,36,37). The third-order valence-electron chi connectivity index (χ3n) is 7.12. The summed E-state index contributed by atoms with van der Waals surface area (Å²) < 4.78 is 70.8. The lowest BCUT2D eigenvalue weighted by molar-refractivity contribution is -0.145. The fraction of sp³-hybridized carbons (Fsp3) is 0.333. The number of alkyl halides is 3. The molecule has 0 amide bonds. The van der Waals surface area contributed by atoms with Crippen LogP contribution in [-0.4, -0.2) is 56.7 Å². The summed E-state index contributed by atoms with van der Waals surface area (Å²) in [5, 5.41) is 16.6. The monoisotopic (exact) mass is 591 g/mol. The molecule has 1 aliphatic heterocycles. The third kappa shape index (κ3) is 5.73. The smallest absolute Gasteiger partial charge is 0.452 e. The number of benzene rings is 1. The van der Waals surface area contributed by atoms with Gasteiger partial charge >= 0.3 is 12.1 Å². The molecule has 1 aromatic carbocycles. The van der Waals surface area contributed by atoms with Crippen LogP contribution >= 0.6 is 10.8 Å². The average Bonchev–Trinajstić information content (AvgIpc) is 3.32. The minimum absolute atomic E-state index is 0.0612. The number of halogens is 3. The van der Waals surface area contributed by atoms with Crippen molar-refractivity contribution in [1.29, 1.82) is 0 Å².